The second-order valence-corrected chi connectivity index (χ2v) is 5.55. The number of rotatable bonds is 7. The Hall–Kier alpha value is -0.930. The van der Waals surface area contributed by atoms with Crippen molar-refractivity contribution in [3.8, 4) is 0 Å². The predicted molar refractivity (Wildman–Crippen MR) is 78.2 cm³/mol. The molecule has 3 heteroatoms. The van der Waals surface area contributed by atoms with Crippen molar-refractivity contribution in [1.29, 1.82) is 0 Å². The molecule has 1 aromatic heterocycles. The summed E-state index contributed by atoms with van der Waals surface area (Å²) in [6.45, 7) is 3.26. The number of hydrogen-bond acceptors (Lipinski definition) is 3. The van der Waals surface area contributed by atoms with Crippen molar-refractivity contribution in [2.45, 2.75) is 57.1 Å². The number of ether oxygens (including phenoxy) is 1. The average molecular weight is 262 g/mol. The minimum atomic E-state index is 0.0189. The lowest BCUT2D eigenvalue weighted by atomic mass is 9.87. The summed E-state index contributed by atoms with van der Waals surface area (Å²) in [6, 6.07) is 4.57. The molecule has 1 saturated carbocycles. The highest BCUT2D eigenvalue weighted by Gasteiger charge is 2.41. The number of nitrogens with one attached hydrogen (secondary N) is 1. The fourth-order valence-electron chi connectivity index (χ4n) is 3.19. The molecule has 1 unspecified atom stereocenters. The summed E-state index contributed by atoms with van der Waals surface area (Å²) in [5.41, 5.74) is 1.31. The highest BCUT2D eigenvalue weighted by atomic mass is 16.5. The Morgan fingerprint density at radius 1 is 1.42 bits per heavy atom. The van der Waals surface area contributed by atoms with Crippen LogP contribution in [0.5, 0.6) is 0 Å². The largest absolute Gasteiger partial charge is 0.377 e. The molecule has 0 saturated heterocycles. The minimum absolute atomic E-state index is 0.0189. The third-order valence-corrected chi connectivity index (χ3v) is 4.29. The predicted octanol–water partition coefficient (Wildman–Crippen LogP) is 2.95. The van der Waals surface area contributed by atoms with E-state index in [4.69, 9.17) is 4.74 Å². The van der Waals surface area contributed by atoms with Crippen molar-refractivity contribution in [2.75, 3.05) is 13.7 Å². The lowest BCUT2D eigenvalue weighted by molar-refractivity contribution is -0.0354. The van der Waals surface area contributed by atoms with Gasteiger partial charge in [0, 0.05) is 25.5 Å². The Bertz CT molecular complexity index is 360. The molecule has 1 aliphatic carbocycles. The van der Waals surface area contributed by atoms with Crippen LogP contribution in [0.15, 0.2) is 24.5 Å². The van der Waals surface area contributed by atoms with Gasteiger partial charge in [0.15, 0.2) is 0 Å². The lowest BCUT2D eigenvalue weighted by Gasteiger charge is -2.37. The van der Waals surface area contributed by atoms with Crippen LogP contribution < -0.4 is 5.32 Å². The summed E-state index contributed by atoms with van der Waals surface area (Å²) >= 11 is 0. The summed E-state index contributed by atoms with van der Waals surface area (Å²) in [5.74, 6) is 0. The summed E-state index contributed by atoms with van der Waals surface area (Å²) in [7, 11) is 1.87. The van der Waals surface area contributed by atoms with Gasteiger partial charge in [-0.3, -0.25) is 4.98 Å². The number of aromatic nitrogens is 1. The van der Waals surface area contributed by atoms with Gasteiger partial charge in [0.05, 0.1) is 5.60 Å². The first kappa shape index (κ1) is 14.5. The molecule has 106 valence electrons. The summed E-state index contributed by atoms with van der Waals surface area (Å²) < 4.78 is 5.95. The zero-order valence-electron chi connectivity index (χ0n) is 12.2. The molecule has 1 aromatic rings. The van der Waals surface area contributed by atoms with Gasteiger partial charge in [-0.1, -0.05) is 25.8 Å². The van der Waals surface area contributed by atoms with E-state index in [1.54, 1.807) is 0 Å². The number of pyridine rings is 1. The van der Waals surface area contributed by atoms with Gasteiger partial charge in [0.2, 0.25) is 0 Å². The SMILES string of the molecule is CCCNC(Cc1cccnc1)C1(OC)CCCC1. The molecule has 1 fully saturated rings. The van der Waals surface area contributed by atoms with Crippen LogP contribution in [0, 0.1) is 0 Å². The first-order valence-corrected chi connectivity index (χ1v) is 7.48. The molecule has 19 heavy (non-hydrogen) atoms. The van der Waals surface area contributed by atoms with E-state index in [0.717, 1.165) is 19.4 Å². The van der Waals surface area contributed by atoms with Gasteiger partial charge in [-0.05, 0) is 43.9 Å². The van der Waals surface area contributed by atoms with Crippen LogP contribution >= 0.6 is 0 Å². The Morgan fingerprint density at radius 2 is 2.21 bits per heavy atom. The van der Waals surface area contributed by atoms with Crippen LogP contribution in [-0.4, -0.2) is 30.3 Å². The van der Waals surface area contributed by atoms with Gasteiger partial charge in [0.1, 0.15) is 0 Å². The average Bonchev–Trinajstić information content (AvgIpc) is 2.94. The quantitative estimate of drug-likeness (QED) is 0.820. The van der Waals surface area contributed by atoms with E-state index in [9.17, 15) is 0 Å². The van der Waals surface area contributed by atoms with E-state index in [1.807, 2.05) is 25.6 Å². The van der Waals surface area contributed by atoms with E-state index in [-0.39, 0.29) is 5.60 Å². The van der Waals surface area contributed by atoms with Crippen molar-refractivity contribution in [2.24, 2.45) is 0 Å². The van der Waals surface area contributed by atoms with Gasteiger partial charge < -0.3 is 10.1 Å². The molecular weight excluding hydrogens is 236 g/mol. The van der Waals surface area contributed by atoms with E-state index in [1.165, 1.54) is 31.2 Å². The Labute approximate surface area is 116 Å². The Kier molecular flexibility index (Phi) is 5.34. The maximum atomic E-state index is 5.95. The molecule has 1 N–H and O–H groups in total. The first-order valence-electron chi connectivity index (χ1n) is 7.48. The molecule has 1 heterocycles. The van der Waals surface area contributed by atoms with Gasteiger partial charge >= 0.3 is 0 Å². The van der Waals surface area contributed by atoms with Crippen LogP contribution in [0.1, 0.15) is 44.6 Å². The molecular formula is C16H26N2O. The highest BCUT2D eigenvalue weighted by Crippen LogP contribution is 2.36. The van der Waals surface area contributed by atoms with Gasteiger partial charge in [-0.15, -0.1) is 0 Å². The van der Waals surface area contributed by atoms with E-state index in [2.05, 4.69) is 23.3 Å². The fourth-order valence-corrected chi connectivity index (χ4v) is 3.19. The first-order chi connectivity index (χ1) is 9.30. The van der Waals surface area contributed by atoms with Crippen LogP contribution in [0.4, 0.5) is 0 Å². The topological polar surface area (TPSA) is 34.2 Å². The van der Waals surface area contributed by atoms with Gasteiger partial charge in [0.25, 0.3) is 0 Å². The summed E-state index contributed by atoms with van der Waals surface area (Å²) in [4.78, 5) is 4.22. The number of nitrogens with zero attached hydrogens (tertiary/aromatic N) is 1. The highest BCUT2D eigenvalue weighted by molar-refractivity contribution is 5.13. The zero-order chi connectivity index (χ0) is 13.6. The van der Waals surface area contributed by atoms with E-state index in [0.29, 0.717) is 6.04 Å². The molecule has 0 amide bonds. The third kappa shape index (κ3) is 3.54. The Morgan fingerprint density at radius 3 is 2.79 bits per heavy atom. The second kappa shape index (κ2) is 7.01. The van der Waals surface area contributed by atoms with Crippen molar-refractivity contribution in [3.63, 3.8) is 0 Å². The molecule has 0 aromatic carbocycles. The molecule has 3 nitrogen and oxygen atoms in total. The molecule has 1 atom stereocenters. The number of hydrogen-bond donors (Lipinski definition) is 1. The van der Waals surface area contributed by atoms with Crippen molar-refractivity contribution < 1.29 is 4.74 Å². The van der Waals surface area contributed by atoms with Crippen molar-refractivity contribution >= 4 is 0 Å². The molecule has 0 aliphatic heterocycles. The molecule has 2 rings (SSSR count). The molecule has 0 spiro atoms. The zero-order valence-corrected chi connectivity index (χ0v) is 12.2. The maximum absolute atomic E-state index is 5.95. The molecule has 0 radical (unpaired) electrons. The van der Waals surface area contributed by atoms with Crippen LogP contribution in [-0.2, 0) is 11.2 Å². The lowest BCUT2D eigenvalue weighted by Crippen LogP contribution is -2.52. The fraction of sp³-hybridized carbons (Fsp3) is 0.688. The standard InChI is InChI=1S/C16H26N2O/c1-3-10-18-15(12-14-7-6-11-17-13-14)16(19-2)8-4-5-9-16/h6-7,11,13,15,18H,3-5,8-10,12H2,1-2H3. The monoisotopic (exact) mass is 262 g/mol. The maximum Gasteiger partial charge on any atom is 0.0834 e. The van der Waals surface area contributed by atoms with Crippen LogP contribution in [0.2, 0.25) is 0 Å². The number of methoxy groups -OCH3 is 1. The van der Waals surface area contributed by atoms with Crippen LogP contribution in [0.25, 0.3) is 0 Å². The Balaban J connectivity index is 2.10. The minimum Gasteiger partial charge on any atom is -0.377 e. The third-order valence-electron chi connectivity index (χ3n) is 4.29. The van der Waals surface area contributed by atoms with E-state index < -0.39 is 0 Å². The second-order valence-electron chi connectivity index (χ2n) is 5.55. The van der Waals surface area contributed by atoms with E-state index >= 15 is 0 Å². The van der Waals surface area contributed by atoms with Gasteiger partial charge in [-0.25, -0.2) is 0 Å². The van der Waals surface area contributed by atoms with Crippen molar-refractivity contribution in [1.82, 2.24) is 10.3 Å². The van der Waals surface area contributed by atoms with Crippen LogP contribution in [0.3, 0.4) is 0 Å². The summed E-state index contributed by atoms with van der Waals surface area (Å²) in [6.07, 6.45) is 10.9. The van der Waals surface area contributed by atoms with Gasteiger partial charge in [-0.2, -0.15) is 0 Å². The molecule has 0 bridgehead atoms. The normalized spacial score (nSPS) is 19.5. The molecule has 1 aliphatic rings. The summed E-state index contributed by atoms with van der Waals surface area (Å²) in [5, 5.41) is 3.70. The smallest absolute Gasteiger partial charge is 0.0834 e. The van der Waals surface area contributed by atoms with Crippen molar-refractivity contribution in [3.05, 3.63) is 30.1 Å².